The Morgan fingerprint density at radius 2 is 1.95 bits per heavy atom. The maximum absolute atomic E-state index is 12.6. The molecule has 7 heteroatoms. The number of sulfonamides is 1. The summed E-state index contributed by atoms with van der Waals surface area (Å²) in [5, 5.41) is 0.657. The molecule has 1 aromatic rings. The first-order chi connectivity index (χ1) is 8.84. The van der Waals surface area contributed by atoms with Crippen LogP contribution in [0, 0.1) is 0 Å². The van der Waals surface area contributed by atoms with Gasteiger partial charge in [0.05, 0.1) is 5.88 Å². The van der Waals surface area contributed by atoms with Gasteiger partial charge in [0, 0.05) is 42.5 Å². The molecule has 19 heavy (non-hydrogen) atoms. The van der Waals surface area contributed by atoms with Crippen LogP contribution in [0.1, 0.15) is 19.5 Å². The lowest BCUT2D eigenvalue weighted by molar-refractivity contribution is 0.405. The van der Waals surface area contributed by atoms with E-state index >= 15 is 0 Å². The number of hydrogen-bond acceptors (Lipinski definition) is 3. The predicted octanol–water partition coefficient (Wildman–Crippen LogP) is 2.28. The lowest BCUT2D eigenvalue weighted by Crippen LogP contribution is -2.43. The standard InChI is InChI=1S/C12H19ClN2O2S2/c1-9-6-15(7-10(2)18-9)19(16,17)12-4-11(5-13)14(3)8-12/h4,8-10H,5-7H2,1-3H3. The molecule has 1 fully saturated rings. The molecular weight excluding hydrogens is 304 g/mol. The van der Waals surface area contributed by atoms with Crippen molar-refractivity contribution in [3.05, 3.63) is 18.0 Å². The third kappa shape index (κ3) is 3.12. The highest BCUT2D eigenvalue weighted by Crippen LogP contribution is 2.29. The average Bonchev–Trinajstić information content (AvgIpc) is 2.70. The Balaban J connectivity index is 2.30. The van der Waals surface area contributed by atoms with Gasteiger partial charge in [0.25, 0.3) is 0 Å². The van der Waals surface area contributed by atoms with E-state index in [9.17, 15) is 8.42 Å². The zero-order chi connectivity index (χ0) is 14.2. The fourth-order valence-electron chi connectivity index (χ4n) is 2.33. The van der Waals surface area contributed by atoms with Crippen LogP contribution in [0.25, 0.3) is 0 Å². The highest BCUT2D eigenvalue weighted by Gasteiger charge is 2.32. The van der Waals surface area contributed by atoms with E-state index in [0.29, 0.717) is 34.4 Å². The number of aryl methyl sites for hydroxylation is 1. The van der Waals surface area contributed by atoms with Crippen molar-refractivity contribution in [2.75, 3.05) is 13.1 Å². The Morgan fingerprint density at radius 3 is 2.42 bits per heavy atom. The van der Waals surface area contributed by atoms with E-state index in [4.69, 9.17) is 11.6 Å². The molecule has 0 aliphatic carbocycles. The molecule has 1 saturated heterocycles. The van der Waals surface area contributed by atoms with Gasteiger partial charge in [-0.1, -0.05) is 13.8 Å². The highest BCUT2D eigenvalue weighted by molar-refractivity contribution is 8.00. The number of rotatable bonds is 3. The lowest BCUT2D eigenvalue weighted by Gasteiger charge is -2.33. The van der Waals surface area contributed by atoms with E-state index in [1.165, 1.54) is 0 Å². The number of aromatic nitrogens is 1. The van der Waals surface area contributed by atoms with Crippen molar-refractivity contribution < 1.29 is 8.42 Å². The van der Waals surface area contributed by atoms with Crippen molar-refractivity contribution in [2.45, 2.75) is 35.1 Å². The second-order valence-corrected chi connectivity index (χ2v) is 9.08. The van der Waals surface area contributed by atoms with E-state index in [-0.39, 0.29) is 0 Å². The molecule has 1 aromatic heterocycles. The number of thioether (sulfide) groups is 1. The van der Waals surface area contributed by atoms with Gasteiger partial charge in [0.2, 0.25) is 10.0 Å². The minimum absolute atomic E-state index is 0.314. The molecule has 0 bridgehead atoms. The molecule has 1 aliphatic rings. The first-order valence-corrected chi connectivity index (χ1v) is 9.13. The summed E-state index contributed by atoms with van der Waals surface area (Å²) in [4.78, 5) is 0.344. The fourth-order valence-corrected chi connectivity index (χ4v) is 5.82. The van der Waals surface area contributed by atoms with Crippen LogP contribution in [0.3, 0.4) is 0 Å². The van der Waals surface area contributed by atoms with E-state index < -0.39 is 10.0 Å². The van der Waals surface area contributed by atoms with Crippen LogP contribution in [-0.2, 0) is 23.0 Å². The lowest BCUT2D eigenvalue weighted by atomic mass is 10.4. The normalized spacial score (nSPS) is 25.7. The van der Waals surface area contributed by atoms with Crippen molar-refractivity contribution in [2.24, 2.45) is 7.05 Å². The minimum Gasteiger partial charge on any atom is -0.352 e. The summed E-state index contributed by atoms with van der Waals surface area (Å²) < 4.78 is 28.6. The maximum Gasteiger partial charge on any atom is 0.244 e. The van der Waals surface area contributed by atoms with Crippen LogP contribution >= 0.6 is 23.4 Å². The van der Waals surface area contributed by atoms with E-state index in [1.54, 1.807) is 21.1 Å². The summed E-state index contributed by atoms with van der Waals surface area (Å²) in [5.41, 5.74) is 0.813. The second-order valence-electron chi connectivity index (χ2n) is 4.99. The van der Waals surface area contributed by atoms with Crippen molar-refractivity contribution in [3.8, 4) is 0 Å². The van der Waals surface area contributed by atoms with Gasteiger partial charge in [0.1, 0.15) is 4.90 Å². The molecule has 0 radical (unpaired) electrons. The zero-order valence-electron chi connectivity index (χ0n) is 11.3. The van der Waals surface area contributed by atoms with Gasteiger partial charge in [0.15, 0.2) is 0 Å². The van der Waals surface area contributed by atoms with Crippen molar-refractivity contribution >= 4 is 33.4 Å². The van der Waals surface area contributed by atoms with E-state index in [1.807, 2.05) is 18.8 Å². The highest BCUT2D eigenvalue weighted by atomic mass is 35.5. The predicted molar refractivity (Wildman–Crippen MR) is 80.2 cm³/mol. The summed E-state index contributed by atoms with van der Waals surface area (Å²) >= 11 is 7.63. The summed E-state index contributed by atoms with van der Waals surface area (Å²) in [7, 11) is -1.59. The topological polar surface area (TPSA) is 42.3 Å². The molecule has 108 valence electrons. The Kier molecular flexibility index (Phi) is 4.55. The molecular formula is C12H19ClN2O2S2. The molecule has 0 saturated carbocycles. The van der Waals surface area contributed by atoms with Crippen LogP contribution in [0.15, 0.2) is 17.2 Å². The average molecular weight is 323 g/mol. The Labute approximate surface area is 124 Å². The number of nitrogens with zero attached hydrogens (tertiary/aromatic N) is 2. The van der Waals surface area contributed by atoms with Crippen molar-refractivity contribution in [1.29, 1.82) is 0 Å². The number of hydrogen-bond donors (Lipinski definition) is 0. The third-order valence-corrected chi connectivity index (χ3v) is 6.54. The van der Waals surface area contributed by atoms with Gasteiger partial charge >= 0.3 is 0 Å². The van der Waals surface area contributed by atoms with Crippen LogP contribution in [-0.4, -0.2) is 40.9 Å². The number of alkyl halides is 1. The first-order valence-electron chi connectivity index (χ1n) is 6.21. The van der Waals surface area contributed by atoms with Gasteiger partial charge in [-0.3, -0.25) is 0 Å². The Bertz CT molecular complexity index is 546. The summed E-state index contributed by atoms with van der Waals surface area (Å²) in [6.45, 7) is 5.28. The Morgan fingerprint density at radius 1 is 1.37 bits per heavy atom. The van der Waals surface area contributed by atoms with E-state index in [2.05, 4.69) is 13.8 Å². The fraction of sp³-hybridized carbons (Fsp3) is 0.667. The summed E-state index contributed by atoms with van der Waals surface area (Å²) in [5.74, 6) is 0.314. The quantitative estimate of drug-likeness (QED) is 0.802. The van der Waals surface area contributed by atoms with Crippen LogP contribution in [0.2, 0.25) is 0 Å². The van der Waals surface area contributed by atoms with Gasteiger partial charge in [-0.25, -0.2) is 8.42 Å². The van der Waals surface area contributed by atoms with Crippen LogP contribution < -0.4 is 0 Å². The summed E-state index contributed by atoms with van der Waals surface area (Å²) in [6, 6.07) is 1.67. The smallest absolute Gasteiger partial charge is 0.244 e. The summed E-state index contributed by atoms with van der Waals surface area (Å²) in [6.07, 6.45) is 1.64. The molecule has 2 unspecified atom stereocenters. The zero-order valence-corrected chi connectivity index (χ0v) is 13.7. The first kappa shape index (κ1) is 15.2. The monoisotopic (exact) mass is 322 g/mol. The van der Waals surface area contributed by atoms with E-state index in [0.717, 1.165) is 5.69 Å². The molecule has 2 rings (SSSR count). The molecule has 0 N–H and O–H groups in total. The van der Waals surface area contributed by atoms with Crippen molar-refractivity contribution in [1.82, 2.24) is 8.87 Å². The molecule has 0 amide bonds. The largest absolute Gasteiger partial charge is 0.352 e. The number of halogens is 1. The molecule has 1 aliphatic heterocycles. The van der Waals surface area contributed by atoms with Gasteiger partial charge in [-0.2, -0.15) is 16.1 Å². The minimum atomic E-state index is -3.40. The van der Waals surface area contributed by atoms with Crippen LogP contribution in [0.5, 0.6) is 0 Å². The molecule has 0 spiro atoms. The van der Waals surface area contributed by atoms with Gasteiger partial charge < -0.3 is 4.57 Å². The van der Waals surface area contributed by atoms with Crippen molar-refractivity contribution in [3.63, 3.8) is 0 Å². The third-order valence-electron chi connectivity index (χ3n) is 3.24. The Hall–Kier alpha value is -0.170. The van der Waals surface area contributed by atoms with Crippen LogP contribution in [0.4, 0.5) is 0 Å². The SMILES string of the molecule is CC1CN(S(=O)(=O)c2cc(CCl)n(C)c2)CC(C)S1. The molecule has 0 aromatic carbocycles. The van der Waals surface area contributed by atoms with Gasteiger partial charge in [-0.05, 0) is 6.07 Å². The molecule has 4 nitrogen and oxygen atoms in total. The second kappa shape index (κ2) is 5.68. The maximum atomic E-state index is 12.6. The van der Waals surface area contributed by atoms with Gasteiger partial charge in [-0.15, -0.1) is 11.6 Å². The molecule has 2 atom stereocenters. The molecule has 2 heterocycles.